The second-order valence-corrected chi connectivity index (χ2v) is 9.25. The highest BCUT2D eigenvalue weighted by molar-refractivity contribution is 6.00. The fourth-order valence-corrected chi connectivity index (χ4v) is 4.69. The predicted octanol–water partition coefficient (Wildman–Crippen LogP) is 4.17. The van der Waals surface area contributed by atoms with Crippen molar-refractivity contribution in [2.45, 2.75) is 49.4 Å². The first kappa shape index (κ1) is 22.8. The molecule has 0 bridgehead atoms. The van der Waals surface area contributed by atoms with Crippen LogP contribution in [0.5, 0.6) is 0 Å². The van der Waals surface area contributed by atoms with E-state index in [0.717, 1.165) is 30.5 Å². The molecule has 180 valence electrons. The molecule has 6 nitrogen and oxygen atoms in total. The topological polar surface area (TPSA) is 75.9 Å². The Bertz CT molecular complexity index is 1270. The van der Waals surface area contributed by atoms with Gasteiger partial charge in [0.2, 0.25) is 0 Å². The van der Waals surface area contributed by atoms with Gasteiger partial charge in [0.15, 0.2) is 0 Å². The van der Waals surface area contributed by atoms with Gasteiger partial charge in [0.05, 0.1) is 17.7 Å². The highest BCUT2D eigenvalue weighted by atomic mass is 19.4. The summed E-state index contributed by atoms with van der Waals surface area (Å²) in [6.07, 6.45) is 2.74. The summed E-state index contributed by atoms with van der Waals surface area (Å²) >= 11 is 0. The van der Waals surface area contributed by atoms with Crippen molar-refractivity contribution < 1.29 is 32.2 Å². The number of nitrogens with zero attached hydrogens (tertiary/aromatic N) is 2. The van der Waals surface area contributed by atoms with E-state index in [1.165, 1.54) is 6.92 Å². The number of aliphatic hydroxyl groups is 1. The predicted molar refractivity (Wildman–Crippen MR) is 114 cm³/mol. The van der Waals surface area contributed by atoms with Gasteiger partial charge < -0.3 is 19.6 Å². The van der Waals surface area contributed by atoms with Crippen LogP contribution in [0.2, 0.25) is 0 Å². The summed E-state index contributed by atoms with van der Waals surface area (Å²) in [5.41, 5.74) is -3.26. The van der Waals surface area contributed by atoms with E-state index >= 15 is 4.39 Å². The van der Waals surface area contributed by atoms with Gasteiger partial charge in [-0.05, 0) is 49.4 Å². The van der Waals surface area contributed by atoms with Crippen LogP contribution in [0.3, 0.4) is 0 Å². The summed E-state index contributed by atoms with van der Waals surface area (Å²) in [4.78, 5) is 17.8. The van der Waals surface area contributed by atoms with Gasteiger partial charge in [-0.25, -0.2) is 9.37 Å². The van der Waals surface area contributed by atoms with Crippen molar-refractivity contribution >= 4 is 11.6 Å². The highest BCUT2D eigenvalue weighted by Gasteiger charge is 2.53. The first-order chi connectivity index (χ1) is 16.0. The van der Waals surface area contributed by atoms with E-state index in [9.17, 15) is 23.1 Å². The fourth-order valence-electron chi connectivity index (χ4n) is 4.69. The summed E-state index contributed by atoms with van der Waals surface area (Å²) in [6, 6.07) is 3.66. The third-order valence-corrected chi connectivity index (χ3v) is 6.81. The maximum atomic E-state index is 15.1. The minimum Gasteiger partial charge on any atom is -0.385 e. The third-order valence-electron chi connectivity index (χ3n) is 6.81. The van der Waals surface area contributed by atoms with Crippen molar-refractivity contribution in [3.63, 3.8) is 0 Å². The van der Waals surface area contributed by atoms with Gasteiger partial charge in [-0.3, -0.25) is 4.79 Å². The summed E-state index contributed by atoms with van der Waals surface area (Å²) in [7, 11) is 0. The summed E-state index contributed by atoms with van der Waals surface area (Å²) in [5, 5.41) is 13.9. The van der Waals surface area contributed by atoms with E-state index in [-0.39, 0.29) is 30.8 Å². The van der Waals surface area contributed by atoms with Crippen LogP contribution in [0.1, 0.15) is 59.2 Å². The van der Waals surface area contributed by atoms with Crippen LogP contribution in [-0.4, -0.2) is 39.2 Å². The molecule has 2 aromatic heterocycles. The number of amides is 1. The Hall–Kier alpha value is -2.98. The molecule has 0 spiro atoms. The molecule has 2 atom stereocenters. The average Bonchev–Trinajstić information content (AvgIpc) is 3.53. The standard InChI is InChI=1S/C24H23F4N3O3/c1-22(33)13-34-9-7-23(22,18-5-4-16(10-19(18)25)24(26,27)28)30-21(32)17-6-8-31-12-15(14-2-3-14)11-29-20(17)31/h4-6,8,10-12,14,33H,2-3,7,9,13H2,1H3,(H,30,32). The van der Waals surface area contributed by atoms with Crippen molar-refractivity contribution in [1.82, 2.24) is 14.7 Å². The molecule has 2 unspecified atom stereocenters. The largest absolute Gasteiger partial charge is 0.416 e. The number of benzene rings is 1. The van der Waals surface area contributed by atoms with E-state index in [1.54, 1.807) is 22.9 Å². The molecule has 10 heteroatoms. The van der Waals surface area contributed by atoms with Gasteiger partial charge >= 0.3 is 6.18 Å². The zero-order valence-electron chi connectivity index (χ0n) is 18.3. The smallest absolute Gasteiger partial charge is 0.385 e. The molecule has 3 aromatic rings. The van der Waals surface area contributed by atoms with Crippen molar-refractivity contribution in [2.75, 3.05) is 13.2 Å². The molecule has 2 fully saturated rings. The molecule has 1 amide bonds. The Balaban J connectivity index is 1.55. The molecule has 5 rings (SSSR count). The molecule has 1 aliphatic carbocycles. The zero-order valence-corrected chi connectivity index (χ0v) is 18.3. The molecule has 1 aliphatic heterocycles. The van der Waals surface area contributed by atoms with Gasteiger partial charge in [0.25, 0.3) is 5.91 Å². The zero-order chi connectivity index (χ0) is 24.3. The van der Waals surface area contributed by atoms with Crippen molar-refractivity contribution in [3.8, 4) is 0 Å². The van der Waals surface area contributed by atoms with E-state index in [1.807, 2.05) is 6.20 Å². The number of hydrogen-bond donors (Lipinski definition) is 2. The minimum atomic E-state index is -4.73. The van der Waals surface area contributed by atoms with Gasteiger partial charge in [-0.1, -0.05) is 6.07 Å². The average molecular weight is 477 g/mol. The van der Waals surface area contributed by atoms with Crippen LogP contribution in [0.4, 0.5) is 17.6 Å². The molecule has 1 saturated heterocycles. The van der Waals surface area contributed by atoms with E-state index in [2.05, 4.69) is 10.3 Å². The lowest BCUT2D eigenvalue weighted by molar-refractivity contribution is -0.140. The lowest BCUT2D eigenvalue weighted by Gasteiger charge is -2.49. The number of ether oxygens (including phenoxy) is 1. The van der Waals surface area contributed by atoms with E-state index in [0.29, 0.717) is 17.6 Å². The fraction of sp³-hybridized carbons (Fsp3) is 0.417. The Morgan fingerprint density at radius 3 is 2.71 bits per heavy atom. The van der Waals surface area contributed by atoms with E-state index in [4.69, 9.17) is 4.74 Å². The molecule has 0 radical (unpaired) electrons. The maximum Gasteiger partial charge on any atom is 0.416 e. The SMILES string of the molecule is CC1(O)COCCC1(NC(=O)c1ccn2cc(C3CC3)cnc12)c1ccc(C(F)(F)F)cc1F. The van der Waals surface area contributed by atoms with Crippen LogP contribution in [-0.2, 0) is 16.5 Å². The van der Waals surface area contributed by atoms with Crippen LogP contribution in [0.25, 0.3) is 5.65 Å². The second-order valence-electron chi connectivity index (χ2n) is 9.25. The number of carbonyl (C=O) groups excluding carboxylic acids is 1. The number of nitrogens with one attached hydrogen (secondary N) is 1. The summed E-state index contributed by atoms with van der Waals surface area (Å²) in [6.45, 7) is 1.19. The van der Waals surface area contributed by atoms with Crippen molar-refractivity contribution in [1.29, 1.82) is 0 Å². The van der Waals surface area contributed by atoms with E-state index < -0.39 is 34.6 Å². The number of alkyl halides is 3. The van der Waals surface area contributed by atoms with Gasteiger partial charge in [0, 0.05) is 37.2 Å². The molecular weight excluding hydrogens is 454 g/mol. The molecule has 3 heterocycles. The summed E-state index contributed by atoms with van der Waals surface area (Å²) in [5.74, 6) is -1.33. The summed E-state index contributed by atoms with van der Waals surface area (Å²) < 4.78 is 61.5. The first-order valence-corrected chi connectivity index (χ1v) is 11.0. The van der Waals surface area contributed by atoms with Crippen LogP contribution >= 0.6 is 0 Å². The van der Waals surface area contributed by atoms with Crippen molar-refractivity contribution in [2.24, 2.45) is 0 Å². The molecule has 2 N–H and O–H groups in total. The number of hydrogen-bond acceptors (Lipinski definition) is 4. The maximum absolute atomic E-state index is 15.1. The van der Waals surface area contributed by atoms with Gasteiger partial charge in [-0.15, -0.1) is 0 Å². The van der Waals surface area contributed by atoms with Crippen LogP contribution in [0.15, 0.2) is 42.9 Å². The Kier molecular flexibility index (Phi) is 5.21. The molecule has 34 heavy (non-hydrogen) atoms. The number of halogens is 4. The number of rotatable bonds is 4. The molecule has 1 saturated carbocycles. The number of carbonyl (C=O) groups is 1. The lowest BCUT2D eigenvalue weighted by atomic mass is 9.71. The van der Waals surface area contributed by atoms with Gasteiger partial charge in [-0.2, -0.15) is 13.2 Å². The third kappa shape index (κ3) is 3.74. The highest BCUT2D eigenvalue weighted by Crippen LogP contribution is 2.43. The van der Waals surface area contributed by atoms with Crippen molar-refractivity contribution in [3.05, 3.63) is 70.9 Å². The molecular formula is C24H23F4N3O3. The number of fused-ring (bicyclic) bond motifs is 1. The normalized spacial score (nSPS) is 25.5. The quantitative estimate of drug-likeness (QED) is 0.554. The Morgan fingerprint density at radius 2 is 2.06 bits per heavy atom. The minimum absolute atomic E-state index is 0.0426. The van der Waals surface area contributed by atoms with Gasteiger partial charge in [0.1, 0.15) is 22.6 Å². The first-order valence-electron chi connectivity index (χ1n) is 11.0. The monoisotopic (exact) mass is 477 g/mol. The number of aromatic nitrogens is 2. The molecule has 1 aromatic carbocycles. The molecule has 2 aliphatic rings. The lowest BCUT2D eigenvalue weighted by Crippen LogP contribution is -2.65. The Labute approximate surface area is 192 Å². The second kappa shape index (κ2) is 7.78. The van der Waals surface area contributed by atoms with Crippen LogP contribution in [0, 0.1) is 5.82 Å². The van der Waals surface area contributed by atoms with Crippen LogP contribution < -0.4 is 5.32 Å². The Morgan fingerprint density at radius 1 is 1.29 bits per heavy atom.